The van der Waals surface area contributed by atoms with Crippen molar-refractivity contribution in [2.24, 2.45) is 0 Å². The molecule has 4 rings (SSSR count). The Kier molecular flexibility index (Phi) is 7.63. The average molecular weight is 595 g/mol. The summed E-state index contributed by atoms with van der Waals surface area (Å²) in [6.45, 7) is 2.61. The zero-order chi connectivity index (χ0) is 24.2. The quantitative estimate of drug-likeness (QED) is 0.386. The van der Waals surface area contributed by atoms with Gasteiger partial charge < -0.3 is 24.8 Å². The van der Waals surface area contributed by atoms with Crippen LogP contribution in [0, 0.1) is 3.57 Å². The first-order chi connectivity index (χ1) is 16.4. The number of nitrogens with zero attached hydrogens (tertiary/aromatic N) is 2. The van der Waals surface area contributed by atoms with Crippen LogP contribution in [0.3, 0.4) is 0 Å². The number of morpholine rings is 1. The number of rotatable bonds is 6. The fourth-order valence-corrected chi connectivity index (χ4v) is 5.01. The van der Waals surface area contributed by atoms with E-state index in [0.29, 0.717) is 28.0 Å². The molecule has 0 unspecified atom stereocenters. The minimum Gasteiger partial charge on any atom is -0.504 e. The van der Waals surface area contributed by atoms with Crippen molar-refractivity contribution < 1.29 is 29.0 Å². The van der Waals surface area contributed by atoms with Crippen molar-refractivity contribution >= 4 is 68.9 Å². The van der Waals surface area contributed by atoms with Crippen molar-refractivity contribution in [2.75, 3.05) is 50.2 Å². The number of benzene rings is 2. The van der Waals surface area contributed by atoms with Gasteiger partial charge in [0.25, 0.3) is 11.1 Å². The monoisotopic (exact) mass is 595 g/mol. The van der Waals surface area contributed by atoms with Crippen molar-refractivity contribution in [1.82, 2.24) is 4.90 Å². The molecule has 0 atom stereocenters. The van der Waals surface area contributed by atoms with Gasteiger partial charge in [-0.25, -0.2) is 0 Å². The molecular weight excluding hydrogens is 573 g/mol. The molecule has 2 aromatic rings. The Balaban J connectivity index is 1.40. The third kappa shape index (κ3) is 5.47. The second kappa shape index (κ2) is 10.7. The molecule has 0 radical (unpaired) electrons. The molecule has 34 heavy (non-hydrogen) atoms. The highest BCUT2D eigenvalue weighted by atomic mass is 127. The van der Waals surface area contributed by atoms with E-state index in [1.54, 1.807) is 24.3 Å². The van der Waals surface area contributed by atoms with E-state index in [0.717, 1.165) is 35.4 Å². The number of thioether (sulfide) groups is 1. The van der Waals surface area contributed by atoms with Gasteiger partial charge in [-0.2, -0.15) is 0 Å². The van der Waals surface area contributed by atoms with Crippen LogP contribution in [0.15, 0.2) is 41.3 Å². The van der Waals surface area contributed by atoms with Gasteiger partial charge in [0.1, 0.15) is 6.54 Å². The van der Waals surface area contributed by atoms with Gasteiger partial charge in [0.15, 0.2) is 11.5 Å². The summed E-state index contributed by atoms with van der Waals surface area (Å²) < 4.78 is 11.0. The molecule has 2 saturated heterocycles. The lowest BCUT2D eigenvalue weighted by molar-refractivity contribution is -0.127. The Labute approximate surface area is 214 Å². The molecule has 2 fully saturated rings. The van der Waals surface area contributed by atoms with Crippen molar-refractivity contribution in [2.45, 2.75) is 0 Å². The second-order valence-corrected chi connectivity index (χ2v) is 9.67. The van der Waals surface area contributed by atoms with Gasteiger partial charge in [-0.3, -0.25) is 19.3 Å². The van der Waals surface area contributed by atoms with Gasteiger partial charge in [-0.05, 0) is 82.4 Å². The van der Waals surface area contributed by atoms with Crippen LogP contribution < -0.4 is 15.0 Å². The summed E-state index contributed by atoms with van der Waals surface area (Å²) in [5.41, 5.74) is 2.21. The van der Waals surface area contributed by atoms with E-state index >= 15 is 0 Å². The lowest BCUT2D eigenvalue weighted by atomic mass is 10.2. The molecule has 0 spiro atoms. The third-order valence-corrected chi connectivity index (χ3v) is 7.00. The standard InChI is InChI=1S/C23H22IN3O6S/c1-32-18-11-14(10-17(24)21(18)29)12-19-22(30)27(23(31)34-19)13-20(28)25-15-2-4-16(5-3-15)26-6-8-33-9-7-26/h2-5,10-12,29H,6-9,13H2,1H3,(H,25,28)/b19-12+. The minimum absolute atomic E-state index is 0.00278. The summed E-state index contributed by atoms with van der Waals surface area (Å²) in [6, 6.07) is 10.6. The molecule has 0 saturated carbocycles. The number of hydrogen-bond donors (Lipinski definition) is 2. The predicted octanol–water partition coefficient (Wildman–Crippen LogP) is 3.52. The zero-order valence-electron chi connectivity index (χ0n) is 18.2. The Morgan fingerprint density at radius 3 is 2.62 bits per heavy atom. The largest absolute Gasteiger partial charge is 0.504 e. The summed E-state index contributed by atoms with van der Waals surface area (Å²) in [5, 5.41) is 12.2. The first-order valence-corrected chi connectivity index (χ1v) is 12.3. The number of carbonyl (C=O) groups is 3. The van der Waals surface area contributed by atoms with Crippen LogP contribution in [-0.2, 0) is 14.3 Å². The summed E-state index contributed by atoms with van der Waals surface area (Å²) in [5.74, 6) is -0.752. The number of phenols is 1. The summed E-state index contributed by atoms with van der Waals surface area (Å²) >= 11 is 2.71. The number of amides is 3. The molecule has 178 valence electrons. The number of nitrogens with one attached hydrogen (secondary N) is 1. The molecule has 2 heterocycles. The Bertz CT molecular complexity index is 1150. The molecule has 0 aromatic heterocycles. The molecule has 3 amide bonds. The molecule has 9 nitrogen and oxygen atoms in total. The van der Waals surface area contributed by atoms with Gasteiger partial charge in [0.05, 0.1) is 28.8 Å². The lowest BCUT2D eigenvalue weighted by Gasteiger charge is -2.28. The highest BCUT2D eigenvalue weighted by Crippen LogP contribution is 2.36. The van der Waals surface area contributed by atoms with Gasteiger partial charge >= 0.3 is 0 Å². The molecule has 2 aliphatic rings. The maximum absolute atomic E-state index is 12.8. The van der Waals surface area contributed by atoms with Crippen LogP contribution in [-0.4, -0.2) is 67.0 Å². The van der Waals surface area contributed by atoms with E-state index in [1.807, 2.05) is 34.7 Å². The summed E-state index contributed by atoms with van der Waals surface area (Å²) in [6.07, 6.45) is 1.54. The average Bonchev–Trinajstić information content (AvgIpc) is 3.09. The van der Waals surface area contributed by atoms with Gasteiger partial charge in [0, 0.05) is 24.5 Å². The SMILES string of the molecule is COc1cc(/C=C2/SC(=O)N(CC(=O)Nc3ccc(N4CCOCC4)cc3)C2=O)cc(I)c1O. The van der Waals surface area contributed by atoms with Gasteiger partial charge in [-0.15, -0.1) is 0 Å². The van der Waals surface area contributed by atoms with E-state index in [9.17, 15) is 19.5 Å². The van der Waals surface area contributed by atoms with Gasteiger partial charge in [0.2, 0.25) is 5.91 Å². The summed E-state index contributed by atoms with van der Waals surface area (Å²) in [4.78, 5) is 41.0. The van der Waals surface area contributed by atoms with Crippen molar-refractivity contribution in [3.05, 3.63) is 50.4 Å². The number of phenolic OH excluding ortho intramolecular Hbond substituents is 1. The fourth-order valence-electron chi connectivity index (χ4n) is 3.54. The highest BCUT2D eigenvalue weighted by Gasteiger charge is 2.36. The molecule has 2 N–H and O–H groups in total. The maximum Gasteiger partial charge on any atom is 0.294 e. The molecule has 0 bridgehead atoms. The van der Waals surface area contributed by atoms with Crippen molar-refractivity contribution in [3.8, 4) is 11.5 Å². The number of anilines is 2. The third-order valence-electron chi connectivity index (χ3n) is 5.27. The molecular formula is C23H22IN3O6S. The number of halogens is 1. The van der Waals surface area contributed by atoms with Crippen molar-refractivity contribution in [1.29, 1.82) is 0 Å². The topological polar surface area (TPSA) is 108 Å². The van der Waals surface area contributed by atoms with E-state index in [4.69, 9.17) is 9.47 Å². The van der Waals surface area contributed by atoms with Crippen LogP contribution >= 0.6 is 34.4 Å². The number of carbonyl (C=O) groups excluding carboxylic acids is 3. The predicted molar refractivity (Wildman–Crippen MR) is 138 cm³/mol. The van der Waals surface area contributed by atoms with E-state index in [1.165, 1.54) is 13.2 Å². The first kappa shape index (κ1) is 24.4. The molecule has 2 aliphatic heterocycles. The van der Waals surface area contributed by atoms with Crippen LogP contribution in [0.5, 0.6) is 11.5 Å². The maximum atomic E-state index is 12.8. The zero-order valence-corrected chi connectivity index (χ0v) is 21.2. The Morgan fingerprint density at radius 1 is 1.24 bits per heavy atom. The van der Waals surface area contributed by atoms with Gasteiger partial charge in [-0.1, -0.05) is 0 Å². The smallest absolute Gasteiger partial charge is 0.294 e. The van der Waals surface area contributed by atoms with Crippen LogP contribution in [0.4, 0.5) is 16.2 Å². The number of imide groups is 1. The second-order valence-electron chi connectivity index (χ2n) is 7.52. The van der Waals surface area contributed by atoms with Crippen molar-refractivity contribution in [3.63, 3.8) is 0 Å². The summed E-state index contributed by atoms with van der Waals surface area (Å²) in [7, 11) is 1.43. The van der Waals surface area contributed by atoms with Crippen LogP contribution in [0.25, 0.3) is 6.08 Å². The normalized spacial score (nSPS) is 17.4. The Hall–Kier alpha value is -2.77. The molecule has 2 aromatic carbocycles. The van der Waals surface area contributed by atoms with E-state index in [2.05, 4.69) is 10.2 Å². The lowest BCUT2D eigenvalue weighted by Crippen LogP contribution is -2.36. The van der Waals surface area contributed by atoms with E-state index in [-0.39, 0.29) is 22.9 Å². The number of hydrogen-bond acceptors (Lipinski definition) is 8. The van der Waals surface area contributed by atoms with Crippen LogP contribution in [0.2, 0.25) is 0 Å². The van der Waals surface area contributed by atoms with Crippen LogP contribution in [0.1, 0.15) is 5.56 Å². The fraction of sp³-hybridized carbons (Fsp3) is 0.261. The molecule has 0 aliphatic carbocycles. The minimum atomic E-state index is -0.546. The highest BCUT2D eigenvalue weighted by molar-refractivity contribution is 14.1. The molecule has 11 heteroatoms. The number of aromatic hydroxyl groups is 1. The number of methoxy groups -OCH3 is 1. The Morgan fingerprint density at radius 2 is 1.94 bits per heavy atom. The van der Waals surface area contributed by atoms with E-state index < -0.39 is 17.1 Å². The first-order valence-electron chi connectivity index (χ1n) is 10.4. The number of ether oxygens (including phenoxy) is 2.